The molecule has 4 rings (SSSR count). The van der Waals surface area contributed by atoms with E-state index in [-0.39, 0.29) is 22.2 Å². The Hall–Kier alpha value is -2.16. The van der Waals surface area contributed by atoms with Gasteiger partial charge in [-0.2, -0.15) is 0 Å². The number of carboxylic acid groups (broad SMARTS) is 1. The number of carbonyl (C=O) groups is 2. The molecule has 2 aromatic rings. The molecular formula is C22H24O3. The Balaban J connectivity index is 1.76. The topological polar surface area (TPSA) is 54.4 Å². The summed E-state index contributed by atoms with van der Waals surface area (Å²) in [5.74, 6) is -0.452. The highest BCUT2D eigenvalue weighted by Gasteiger charge is 2.59. The highest BCUT2D eigenvalue weighted by molar-refractivity contribution is 6.14. The lowest BCUT2D eigenvalue weighted by Gasteiger charge is -2.38. The molecule has 3 nitrogen and oxygen atoms in total. The second kappa shape index (κ2) is 5.42. The molecule has 2 aromatic carbocycles. The van der Waals surface area contributed by atoms with Gasteiger partial charge in [-0.25, -0.2) is 4.79 Å². The van der Waals surface area contributed by atoms with Gasteiger partial charge in [0.1, 0.15) is 0 Å². The van der Waals surface area contributed by atoms with Crippen molar-refractivity contribution < 1.29 is 14.7 Å². The van der Waals surface area contributed by atoms with Gasteiger partial charge in [0.25, 0.3) is 0 Å². The van der Waals surface area contributed by atoms with Crippen molar-refractivity contribution in [2.45, 2.75) is 46.0 Å². The number of benzene rings is 2. The summed E-state index contributed by atoms with van der Waals surface area (Å²) in [6, 6.07) is 10.9. The lowest BCUT2D eigenvalue weighted by atomic mass is 9.66. The van der Waals surface area contributed by atoms with Crippen molar-refractivity contribution in [1.82, 2.24) is 0 Å². The average molecular weight is 336 g/mol. The Labute approximate surface area is 148 Å². The summed E-state index contributed by atoms with van der Waals surface area (Å²) in [5, 5.41) is 11.3. The molecule has 1 atom stereocenters. The molecule has 0 aliphatic heterocycles. The zero-order valence-electron chi connectivity index (χ0n) is 14.8. The van der Waals surface area contributed by atoms with Crippen LogP contribution in [0, 0.1) is 16.7 Å². The van der Waals surface area contributed by atoms with Crippen LogP contribution >= 0.6 is 0 Å². The molecule has 0 radical (unpaired) electrons. The maximum absolute atomic E-state index is 13.2. The fraction of sp³-hybridized carbons (Fsp3) is 0.455. The van der Waals surface area contributed by atoms with E-state index in [0.29, 0.717) is 23.3 Å². The standard InChI is InChI=1S/C22H24O3/c1-21-11-9-15(10-12-21)22(21,2)13-18(23)17-8-7-14-5-3-4-6-16(14)19(17)20(24)25/h3-8,15H,9-13H2,1-2H3,(H,24,25). The molecule has 1 unspecified atom stereocenters. The first-order chi connectivity index (χ1) is 11.9. The SMILES string of the molecule is CC12CCC(CC1)C2(C)CC(=O)c1ccc2ccccc2c1C(=O)O. The molecule has 130 valence electrons. The largest absolute Gasteiger partial charge is 0.478 e. The Bertz CT molecular complexity index is 874. The number of aromatic carboxylic acids is 1. The fourth-order valence-corrected chi connectivity index (χ4v) is 5.48. The molecule has 0 saturated heterocycles. The van der Waals surface area contributed by atoms with Gasteiger partial charge in [-0.1, -0.05) is 44.2 Å². The highest BCUT2D eigenvalue weighted by Crippen LogP contribution is 2.67. The zero-order valence-corrected chi connectivity index (χ0v) is 14.8. The number of Topliss-reactive ketones (excluding diaryl/α,β-unsaturated/α-hetero) is 1. The van der Waals surface area contributed by atoms with E-state index in [1.807, 2.05) is 24.3 Å². The number of hydrogen-bond donors (Lipinski definition) is 1. The fourth-order valence-electron chi connectivity index (χ4n) is 5.48. The Morgan fingerprint density at radius 1 is 1.08 bits per heavy atom. The Morgan fingerprint density at radius 3 is 2.36 bits per heavy atom. The molecule has 2 aliphatic rings. The molecule has 0 aromatic heterocycles. The predicted octanol–water partition coefficient (Wildman–Crippen LogP) is 5.33. The Kier molecular flexibility index (Phi) is 3.54. The second-order valence-electron chi connectivity index (χ2n) is 8.37. The van der Waals surface area contributed by atoms with Crippen LogP contribution in [-0.2, 0) is 0 Å². The monoisotopic (exact) mass is 336 g/mol. The third kappa shape index (κ3) is 2.25. The Morgan fingerprint density at radius 2 is 1.76 bits per heavy atom. The van der Waals surface area contributed by atoms with E-state index in [0.717, 1.165) is 5.39 Å². The zero-order chi connectivity index (χ0) is 17.8. The van der Waals surface area contributed by atoms with Crippen molar-refractivity contribution in [3.8, 4) is 0 Å². The van der Waals surface area contributed by atoms with Gasteiger partial charge in [0.05, 0.1) is 5.56 Å². The van der Waals surface area contributed by atoms with Crippen LogP contribution in [0.1, 0.15) is 66.7 Å². The molecule has 2 bridgehead atoms. The molecular weight excluding hydrogens is 312 g/mol. The summed E-state index contributed by atoms with van der Waals surface area (Å²) in [7, 11) is 0. The van der Waals surface area contributed by atoms with E-state index in [1.165, 1.54) is 25.7 Å². The van der Waals surface area contributed by atoms with Gasteiger partial charge in [-0.05, 0) is 59.3 Å². The molecule has 25 heavy (non-hydrogen) atoms. The van der Waals surface area contributed by atoms with Crippen LogP contribution in [0.4, 0.5) is 0 Å². The van der Waals surface area contributed by atoms with Crippen molar-refractivity contribution in [3.63, 3.8) is 0 Å². The van der Waals surface area contributed by atoms with Gasteiger partial charge >= 0.3 is 5.97 Å². The minimum atomic E-state index is -1.02. The van der Waals surface area contributed by atoms with Crippen molar-refractivity contribution in [3.05, 3.63) is 47.5 Å². The molecule has 0 spiro atoms. The van der Waals surface area contributed by atoms with Crippen molar-refractivity contribution in [2.24, 2.45) is 16.7 Å². The molecule has 2 fully saturated rings. The number of ketones is 1. The first-order valence-corrected chi connectivity index (χ1v) is 9.14. The maximum Gasteiger partial charge on any atom is 0.337 e. The van der Waals surface area contributed by atoms with Gasteiger partial charge in [-0.15, -0.1) is 0 Å². The van der Waals surface area contributed by atoms with E-state index in [2.05, 4.69) is 13.8 Å². The van der Waals surface area contributed by atoms with Crippen LogP contribution in [-0.4, -0.2) is 16.9 Å². The summed E-state index contributed by atoms with van der Waals surface area (Å²) >= 11 is 0. The minimum Gasteiger partial charge on any atom is -0.478 e. The second-order valence-corrected chi connectivity index (χ2v) is 8.37. The van der Waals surface area contributed by atoms with Crippen LogP contribution in [0.5, 0.6) is 0 Å². The van der Waals surface area contributed by atoms with E-state index in [4.69, 9.17) is 0 Å². The van der Waals surface area contributed by atoms with E-state index in [1.54, 1.807) is 12.1 Å². The van der Waals surface area contributed by atoms with Gasteiger partial charge in [0.2, 0.25) is 0 Å². The normalized spacial score (nSPS) is 30.7. The molecule has 0 heterocycles. The number of rotatable bonds is 4. The lowest BCUT2D eigenvalue weighted by Crippen LogP contribution is -2.33. The van der Waals surface area contributed by atoms with Crippen LogP contribution < -0.4 is 0 Å². The van der Waals surface area contributed by atoms with Gasteiger partial charge in [-0.3, -0.25) is 4.79 Å². The minimum absolute atomic E-state index is 0.00843. The van der Waals surface area contributed by atoms with Crippen molar-refractivity contribution in [2.75, 3.05) is 0 Å². The van der Waals surface area contributed by atoms with E-state index in [9.17, 15) is 14.7 Å². The van der Waals surface area contributed by atoms with Crippen LogP contribution in [0.2, 0.25) is 0 Å². The lowest BCUT2D eigenvalue weighted by molar-refractivity contribution is 0.0679. The van der Waals surface area contributed by atoms with E-state index >= 15 is 0 Å². The van der Waals surface area contributed by atoms with Gasteiger partial charge in [0, 0.05) is 12.0 Å². The number of fused-ring (bicyclic) bond motifs is 3. The van der Waals surface area contributed by atoms with Gasteiger partial charge in [0.15, 0.2) is 5.78 Å². The van der Waals surface area contributed by atoms with Gasteiger partial charge < -0.3 is 5.11 Å². The van der Waals surface area contributed by atoms with Crippen molar-refractivity contribution >= 4 is 22.5 Å². The number of carboxylic acids is 1. The summed E-state index contributed by atoms with van der Waals surface area (Å²) in [6.07, 6.45) is 5.22. The number of hydrogen-bond acceptors (Lipinski definition) is 2. The molecule has 1 N–H and O–H groups in total. The van der Waals surface area contributed by atoms with Crippen molar-refractivity contribution in [1.29, 1.82) is 0 Å². The summed E-state index contributed by atoms with van der Waals surface area (Å²) < 4.78 is 0. The van der Waals surface area contributed by atoms with Crippen LogP contribution in [0.15, 0.2) is 36.4 Å². The third-order valence-electron chi connectivity index (χ3n) is 7.34. The summed E-state index contributed by atoms with van der Waals surface area (Å²) in [6.45, 7) is 4.56. The smallest absolute Gasteiger partial charge is 0.337 e. The maximum atomic E-state index is 13.2. The highest BCUT2D eigenvalue weighted by atomic mass is 16.4. The molecule has 0 amide bonds. The molecule has 3 heteroatoms. The summed E-state index contributed by atoms with van der Waals surface area (Å²) in [4.78, 5) is 25.1. The van der Waals surface area contributed by atoms with Crippen LogP contribution in [0.25, 0.3) is 10.8 Å². The average Bonchev–Trinajstić information content (AvgIpc) is 2.97. The molecule has 2 saturated carbocycles. The first kappa shape index (κ1) is 16.3. The van der Waals surface area contributed by atoms with E-state index < -0.39 is 5.97 Å². The first-order valence-electron chi connectivity index (χ1n) is 9.14. The summed E-state index contributed by atoms with van der Waals surface area (Å²) in [5.41, 5.74) is 0.725. The quantitative estimate of drug-likeness (QED) is 0.768. The number of carbonyl (C=O) groups excluding carboxylic acids is 1. The predicted molar refractivity (Wildman–Crippen MR) is 98.0 cm³/mol. The molecule has 2 aliphatic carbocycles. The third-order valence-corrected chi connectivity index (χ3v) is 7.34. The van der Waals surface area contributed by atoms with Crippen LogP contribution in [0.3, 0.4) is 0 Å².